The van der Waals surface area contributed by atoms with Gasteiger partial charge < -0.3 is 4.74 Å². The smallest absolute Gasteiger partial charge is 0.128 e. The van der Waals surface area contributed by atoms with Crippen LogP contribution in [0.3, 0.4) is 0 Å². The van der Waals surface area contributed by atoms with E-state index in [0.717, 1.165) is 21.3 Å². The van der Waals surface area contributed by atoms with Crippen LogP contribution in [0.25, 0.3) is 0 Å². The number of ether oxygens (including phenoxy) is 1. The minimum absolute atomic E-state index is 0.166. The third-order valence-corrected chi connectivity index (χ3v) is 4.47. The fourth-order valence-corrected chi connectivity index (χ4v) is 3.22. The quantitative estimate of drug-likeness (QED) is 0.542. The fourth-order valence-electron chi connectivity index (χ4n) is 1.86. The Balaban J connectivity index is 2.16. The predicted octanol–water partition coefficient (Wildman–Crippen LogP) is 6.43. The van der Waals surface area contributed by atoms with E-state index in [-0.39, 0.29) is 5.41 Å². The molecule has 106 valence electrons. The summed E-state index contributed by atoms with van der Waals surface area (Å²) in [5.41, 5.74) is 2.68. The topological polar surface area (TPSA) is 9.23 Å². The molecule has 0 saturated carbocycles. The van der Waals surface area contributed by atoms with E-state index in [9.17, 15) is 0 Å². The fraction of sp³-hybridized carbons (Fsp3) is 0.294. The summed E-state index contributed by atoms with van der Waals surface area (Å²) in [6.07, 6.45) is 0. The highest BCUT2D eigenvalue weighted by atomic mass is 79.9. The van der Waals surface area contributed by atoms with Gasteiger partial charge in [0.05, 0.1) is 0 Å². The van der Waals surface area contributed by atoms with Crippen molar-refractivity contribution in [1.29, 1.82) is 0 Å². The molecule has 0 aliphatic rings. The third kappa shape index (κ3) is 3.86. The van der Waals surface area contributed by atoms with E-state index in [1.807, 2.05) is 24.3 Å². The average Bonchev–Trinajstić information content (AvgIpc) is 2.38. The zero-order valence-corrected chi connectivity index (χ0v) is 15.1. The molecule has 0 fully saturated rings. The molecule has 3 heteroatoms. The lowest BCUT2D eigenvalue weighted by molar-refractivity contribution is 0.481. The highest BCUT2D eigenvalue weighted by Gasteiger charge is 2.13. The molecule has 0 atom stereocenters. The summed E-state index contributed by atoms with van der Waals surface area (Å²) in [5, 5.41) is 0.828. The number of alkyl halides is 1. The molecule has 0 heterocycles. The summed E-state index contributed by atoms with van der Waals surface area (Å²) in [7, 11) is 0. The largest absolute Gasteiger partial charge is 0.457 e. The summed E-state index contributed by atoms with van der Waals surface area (Å²) in [4.78, 5) is 0. The minimum Gasteiger partial charge on any atom is -0.457 e. The lowest BCUT2D eigenvalue weighted by Crippen LogP contribution is -2.10. The van der Waals surface area contributed by atoms with Gasteiger partial charge in [0.1, 0.15) is 11.5 Å². The first-order chi connectivity index (χ1) is 9.40. The van der Waals surface area contributed by atoms with Gasteiger partial charge in [0, 0.05) is 9.80 Å². The van der Waals surface area contributed by atoms with Crippen LogP contribution in [0.1, 0.15) is 31.9 Å². The summed E-state index contributed by atoms with van der Waals surface area (Å²) in [6.45, 7) is 6.62. The molecular formula is C17H18Br2O. The van der Waals surface area contributed by atoms with Crippen molar-refractivity contribution in [2.45, 2.75) is 31.5 Å². The van der Waals surface area contributed by atoms with E-state index in [0.29, 0.717) is 0 Å². The molecule has 0 N–H and O–H groups in total. The molecule has 0 aromatic heterocycles. The first kappa shape index (κ1) is 15.6. The molecule has 0 spiro atoms. The SMILES string of the molecule is CC(C)(C)c1ccc(Oc2ccc(CBr)c(Br)c2)cc1. The van der Waals surface area contributed by atoms with Gasteiger partial charge in [-0.2, -0.15) is 0 Å². The van der Waals surface area contributed by atoms with Crippen LogP contribution in [-0.2, 0) is 10.7 Å². The van der Waals surface area contributed by atoms with Gasteiger partial charge in [-0.05, 0) is 40.8 Å². The van der Waals surface area contributed by atoms with Gasteiger partial charge in [-0.15, -0.1) is 0 Å². The van der Waals surface area contributed by atoms with Crippen LogP contribution >= 0.6 is 31.9 Å². The van der Waals surface area contributed by atoms with Crippen molar-refractivity contribution in [1.82, 2.24) is 0 Å². The lowest BCUT2D eigenvalue weighted by atomic mass is 9.87. The van der Waals surface area contributed by atoms with Crippen molar-refractivity contribution in [3.05, 3.63) is 58.1 Å². The molecule has 0 aliphatic heterocycles. The van der Waals surface area contributed by atoms with Crippen molar-refractivity contribution < 1.29 is 4.74 Å². The van der Waals surface area contributed by atoms with Crippen LogP contribution in [0.15, 0.2) is 46.9 Å². The summed E-state index contributed by atoms with van der Waals surface area (Å²) in [6, 6.07) is 14.3. The zero-order valence-electron chi connectivity index (χ0n) is 11.9. The molecule has 2 rings (SSSR count). The maximum atomic E-state index is 5.88. The van der Waals surface area contributed by atoms with Crippen LogP contribution in [0.4, 0.5) is 0 Å². The van der Waals surface area contributed by atoms with Gasteiger partial charge in [-0.25, -0.2) is 0 Å². The van der Waals surface area contributed by atoms with Crippen LogP contribution < -0.4 is 4.74 Å². The van der Waals surface area contributed by atoms with Gasteiger partial charge in [0.25, 0.3) is 0 Å². The second-order valence-corrected chi connectivity index (χ2v) is 7.18. The summed E-state index contributed by atoms with van der Waals surface area (Å²) < 4.78 is 6.93. The molecule has 0 aliphatic carbocycles. The van der Waals surface area contributed by atoms with Crippen LogP contribution in [0.2, 0.25) is 0 Å². The van der Waals surface area contributed by atoms with Crippen LogP contribution in [-0.4, -0.2) is 0 Å². The Labute approximate surface area is 137 Å². The minimum atomic E-state index is 0.166. The van der Waals surface area contributed by atoms with Crippen LogP contribution in [0, 0.1) is 0 Å². The highest BCUT2D eigenvalue weighted by Crippen LogP contribution is 2.30. The average molecular weight is 398 g/mol. The Morgan fingerprint density at radius 2 is 1.55 bits per heavy atom. The molecule has 20 heavy (non-hydrogen) atoms. The highest BCUT2D eigenvalue weighted by molar-refractivity contribution is 9.10. The van der Waals surface area contributed by atoms with Crippen molar-refractivity contribution in [2.24, 2.45) is 0 Å². The lowest BCUT2D eigenvalue weighted by Gasteiger charge is -2.19. The normalized spacial score (nSPS) is 11.4. The first-order valence-electron chi connectivity index (χ1n) is 6.53. The molecular weight excluding hydrogens is 380 g/mol. The number of hydrogen-bond donors (Lipinski definition) is 0. The predicted molar refractivity (Wildman–Crippen MR) is 92.0 cm³/mol. The van der Waals surface area contributed by atoms with Crippen molar-refractivity contribution in [3.8, 4) is 11.5 Å². The van der Waals surface area contributed by atoms with Gasteiger partial charge in [0.15, 0.2) is 0 Å². The first-order valence-corrected chi connectivity index (χ1v) is 8.44. The van der Waals surface area contributed by atoms with Crippen molar-refractivity contribution in [2.75, 3.05) is 0 Å². The molecule has 1 nitrogen and oxygen atoms in total. The monoisotopic (exact) mass is 396 g/mol. The number of hydrogen-bond acceptors (Lipinski definition) is 1. The Bertz CT molecular complexity index is 583. The number of rotatable bonds is 3. The molecule has 0 saturated heterocycles. The molecule has 2 aromatic carbocycles. The van der Waals surface area contributed by atoms with Gasteiger partial charge in [-0.1, -0.05) is 70.8 Å². The molecule has 2 aromatic rings. The van der Waals surface area contributed by atoms with Gasteiger partial charge in [0.2, 0.25) is 0 Å². The maximum absolute atomic E-state index is 5.88. The van der Waals surface area contributed by atoms with E-state index in [2.05, 4.69) is 70.8 Å². The maximum Gasteiger partial charge on any atom is 0.128 e. The van der Waals surface area contributed by atoms with E-state index in [4.69, 9.17) is 4.74 Å². The third-order valence-electron chi connectivity index (χ3n) is 3.12. The second-order valence-electron chi connectivity index (χ2n) is 5.76. The Morgan fingerprint density at radius 1 is 0.950 bits per heavy atom. The van der Waals surface area contributed by atoms with E-state index in [1.165, 1.54) is 11.1 Å². The Morgan fingerprint density at radius 3 is 2.05 bits per heavy atom. The van der Waals surface area contributed by atoms with Crippen molar-refractivity contribution >= 4 is 31.9 Å². The van der Waals surface area contributed by atoms with Gasteiger partial charge in [-0.3, -0.25) is 0 Å². The second kappa shape index (κ2) is 6.31. The van der Waals surface area contributed by atoms with E-state index >= 15 is 0 Å². The number of benzene rings is 2. The molecule has 0 bridgehead atoms. The Hall–Kier alpha value is -0.800. The number of halogens is 2. The van der Waals surface area contributed by atoms with E-state index < -0.39 is 0 Å². The van der Waals surface area contributed by atoms with Gasteiger partial charge >= 0.3 is 0 Å². The standard InChI is InChI=1S/C17H18Br2O/c1-17(2,3)13-5-8-14(9-6-13)20-15-7-4-12(11-18)16(19)10-15/h4-10H,11H2,1-3H3. The summed E-state index contributed by atoms with van der Waals surface area (Å²) >= 11 is 7.00. The van der Waals surface area contributed by atoms with E-state index in [1.54, 1.807) is 0 Å². The van der Waals surface area contributed by atoms with Crippen LogP contribution in [0.5, 0.6) is 11.5 Å². The Kier molecular flexibility index (Phi) is 4.92. The van der Waals surface area contributed by atoms with Crippen molar-refractivity contribution in [3.63, 3.8) is 0 Å². The molecule has 0 unspecified atom stereocenters. The molecule has 0 radical (unpaired) electrons. The summed E-state index contributed by atoms with van der Waals surface area (Å²) in [5.74, 6) is 1.70. The zero-order chi connectivity index (χ0) is 14.8. The molecule has 0 amide bonds.